The van der Waals surface area contributed by atoms with Gasteiger partial charge >= 0.3 is 0 Å². The average Bonchev–Trinajstić information content (AvgIpc) is 2.17. The molecule has 1 unspecified atom stereocenters. The Morgan fingerprint density at radius 1 is 1.47 bits per heavy atom. The molecule has 0 saturated heterocycles. The molecule has 1 aromatic carbocycles. The lowest BCUT2D eigenvalue weighted by molar-refractivity contribution is 0.0447. The van der Waals surface area contributed by atoms with Gasteiger partial charge in [0.2, 0.25) is 0 Å². The summed E-state index contributed by atoms with van der Waals surface area (Å²) in [7, 11) is 1.45. The molecular formula is C10H11F2NO2. The molecule has 0 aliphatic carbocycles. The number of benzene rings is 1. The van der Waals surface area contributed by atoms with Crippen LogP contribution in [0.15, 0.2) is 12.1 Å². The van der Waals surface area contributed by atoms with E-state index in [1.807, 2.05) is 0 Å². The number of hydrogen-bond donors (Lipinski definition) is 1. The standard InChI is InChI=1S/C10H11F2NO2/c1-14-13-8-2-3-15-9-5-6(11)4-7(12)10(8)9/h4-5,8,13H,2-3H2,1H3. The molecule has 0 aromatic heterocycles. The topological polar surface area (TPSA) is 30.5 Å². The lowest BCUT2D eigenvalue weighted by atomic mass is 10.0. The van der Waals surface area contributed by atoms with Crippen molar-refractivity contribution >= 4 is 0 Å². The van der Waals surface area contributed by atoms with Crippen LogP contribution in [0.4, 0.5) is 8.78 Å². The van der Waals surface area contributed by atoms with E-state index in [0.29, 0.717) is 18.6 Å². The van der Waals surface area contributed by atoms with Crippen molar-refractivity contribution in [1.29, 1.82) is 0 Å². The first kappa shape index (κ1) is 10.3. The second kappa shape index (κ2) is 4.12. The Morgan fingerprint density at radius 2 is 2.27 bits per heavy atom. The third-order valence-electron chi connectivity index (χ3n) is 2.33. The number of hydrogen-bond acceptors (Lipinski definition) is 3. The second-order valence-electron chi connectivity index (χ2n) is 3.31. The predicted octanol–water partition coefficient (Wildman–Crippen LogP) is 1.94. The minimum Gasteiger partial charge on any atom is -0.493 e. The van der Waals surface area contributed by atoms with Crippen LogP contribution in [-0.2, 0) is 4.84 Å². The maximum atomic E-state index is 13.5. The van der Waals surface area contributed by atoms with Gasteiger partial charge in [0.25, 0.3) is 0 Å². The molecule has 1 atom stereocenters. The van der Waals surface area contributed by atoms with Gasteiger partial charge in [-0.25, -0.2) is 8.78 Å². The zero-order valence-electron chi connectivity index (χ0n) is 8.22. The molecule has 82 valence electrons. The van der Waals surface area contributed by atoms with Gasteiger partial charge in [0.05, 0.1) is 19.8 Å². The molecule has 0 bridgehead atoms. The molecular weight excluding hydrogens is 204 g/mol. The molecule has 1 heterocycles. The highest BCUT2D eigenvalue weighted by Gasteiger charge is 2.25. The summed E-state index contributed by atoms with van der Waals surface area (Å²) in [4.78, 5) is 4.76. The van der Waals surface area contributed by atoms with E-state index in [1.165, 1.54) is 13.2 Å². The zero-order valence-corrected chi connectivity index (χ0v) is 8.22. The number of nitrogens with one attached hydrogen (secondary N) is 1. The monoisotopic (exact) mass is 215 g/mol. The smallest absolute Gasteiger partial charge is 0.134 e. The van der Waals surface area contributed by atoms with Crippen molar-refractivity contribution in [3.05, 3.63) is 29.3 Å². The van der Waals surface area contributed by atoms with Crippen molar-refractivity contribution in [2.75, 3.05) is 13.7 Å². The van der Waals surface area contributed by atoms with Gasteiger partial charge in [-0.15, -0.1) is 0 Å². The molecule has 0 amide bonds. The molecule has 2 rings (SSSR count). The van der Waals surface area contributed by atoms with Crippen LogP contribution in [0.3, 0.4) is 0 Å². The highest BCUT2D eigenvalue weighted by Crippen LogP contribution is 2.34. The van der Waals surface area contributed by atoms with Crippen LogP contribution in [0.5, 0.6) is 5.75 Å². The molecule has 15 heavy (non-hydrogen) atoms. The maximum absolute atomic E-state index is 13.5. The van der Waals surface area contributed by atoms with E-state index in [9.17, 15) is 8.78 Å². The first-order valence-electron chi connectivity index (χ1n) is 4.62. The average molecular weight is 215 g/mol. The maximum Gasteiger partial charge on any atom is 0.134 e. The molecule has 0 radical (unpaired) electrons. The predicted molar refractivity (Wildman–Crippen MR) is 49.4 cm³/mol. The van der Waals surface area contributed by atoms with Gasteiger partial charge in [-0.2, -0.15) is 5.48 Å². The van der Waals surface area contributed by atoms with E-state index >= 15 is 0 Å². The Morgan fingerprint density at radius 3 is 3.00 bits per heavy atom. The van der Waals surface area contributed by atoms with Crippen molar-refractivity contribution in [3.63, 3.8) is 0 Å². The van der Waals surface area contributed by atoms with Crippen LogP contribution in [0.25, 0.3) is 0 Å². The highest BCUT2D eigenvalue weighted by atomic mass is 19.1. The van der Waals surface area contributed by atoms with E-state index in [2.05, 4.69) is 5.48 Å². The fourth-order valence-electron chi connectivity index (χ4n) is 1.71. The quantitative estimate of drug-likeness (QED) is 0.765. The molecule has 0 fully saturated rings. The Labute approximate surface area is 85.9 Å². The fraction of sp³-hybridized carbons (Fsp3) is 0.400. The SMILES string of the molecule is CONC1CCOc2cc(F)cc(F)c21. The Hall–Kier alpha value is -1.20. The summed E-state index contributed by atoms with van der Waals surface area (Å²) in [5.41, 5.74) is 2.98. The first-order valence-corrected chi connectivity index (χ1v) is 4.62. The third-order valence-corrected chi connectivity index (χ3v) is 2.33. The molecule has 0 spiro atoms. The van der Waals surface area contributed by atoms with Gasteiger partial charge < -0.3 is 9.57 Å². The van der Waals surface area contributed by atoms with E-state index in [0.717, 1.165) is 6.07 Å². The third kappa shape index (κ3) is 1.93. The van der Waals surface area contributed by atoms with E-state index in [1.54, 1.807) is 0 Å². The van der Waals surface area contributed by atoms with Crippen LogP contribution in [-0.4, -0.2) is 13.7 Å². The van der Waals surface area contributed by atoms with Crippen LogP contribution in [0, 0.1) is 11.6 Å². The van der Waals surface area contributed by atoms with Crippen LogP contribution in [0.1, 0.15) is 18.0 Å². The second-order valence-corrected chi connectivity index (χ2v) is 3.31. The van der Waals surface area contributed by atoms with Gasteiger partial charge in [0, 0.05) is 24.1 Å². The first-order chi connectivity index (χ1) is 7.22. The molecule has 3 nitrogen and oxygen atoms in total. The van der Waals surface area contributed by atoms with Crippen LogP contribution < -0.4 is 10.2 Å². The number of ether oxygens (including phenoxy) is 1. The van der Waals surface area contributed by atoms with Crippen molar-refractivity contribution in [2.45, 2.75) is 12.5 Å². The minimum atomic E-state index is -0.635. The van der Waals surface area contributed by atoms with Gasteiger partial charge in [0.15, 0.2) is 0 Å². The van der Waals surface area contributed by atoms with Crippen molar-refractivity contribution in [3.8, 4) is 5.75 Å². The number of rotatable bonds is 2. The summed E-state index contributed by atoms with van der Waals surface area (Å²) in [5.74, 6) is -1.00. The summed E-state index contributed by atoms with van der Waals surface area (Å²) in [5, 5.41) is 0. The fourth-order valence-corrected chi connectivity index (χ4v) is 1.71. The normalized spacial score (nSPS) is 19.5. The Balaban J connectivity index is 2.41. The summed E-state index contributed by atoms with van der Waals surface area (Å²) in [6.45, 7) is 0.414. The van der Waals surface area contributed by atoms with Crippen molar-refractivity contribution in [2.24, 2.45) is 0 Å². The molecule has 1 aliphatic heterocycles. The van der Waals surface area contributed by atoms with Gasteiger partial charge in [-0.3, -0.25) is 0 Å². The summed E-state index contributed by atoms with van der Waals surface area (Å²) >= 11 is 0. The number of fused-ring (bicyclic) bond motifs is 1. The summed E-state index contributed by atoms with van der Waals surface area (Å²) < 4.78 is 31.6. The lowest BCUT2D eigenvalue weighted by Crippen LogP contribution is -2.27. The lowest BCUT2D eigenvalue weighted by Gasteiger charge is -2.26. The molecule has 5 heteroatoms. The zero-order chi connectivity index (χ0) is 10.8. The summed E-state index contributed by atoms with van der Waals surface area (Å²) in [6, 6.07) is 1.74. The molecule has 1 aliphatic rings. The van der Waals surface area contributed by atoms with E-state index < -0.39 is 11.6 Å². The highest BCUT2D eigenvalue weighted by molar-refractivity contribution is 5.39. The number of hydroxylamine groups is 1. The summed E-state index contributed by atoms with van der Waals surface area (Å²) in [6.07, 6.45) is 0.587. The minimum absolute atomic E-state index is 0.244. The largest absolute Gasteiger partial charge is 0.493 e. The molecule has 0 saturated carbocycles. The number of halogens is 2. The van der Waals surface area contributed by atoms with Crippen LogP contribution in [0.2, 0.25) is 0 Å². The van der Waals surface area contributed by atoms with Crippen molar-refractivity contribution < 1.29 is 18.4 Å². The van der Waals surface area contributed by atoms with Crippen LogP contribution >= 0.6 is 0 Å². The Bertz CT molecular complexity index is 371. The van der Waals surface area contributed by atoms with Gasteiger partial charge in [-0.1, -0.05) is 0 Å². The van der Waals surface area contributed by atoms with Crippen molar-refractivity contribution in [1.82, 2.24) is 5.48 Å². The van der Waals surface area contributed by atoms with E-state index in [-0.39, 0.29) is 11.8 Å². The molecule has 1 N–H and O–H groups in total. The van der Waals surface area contributed by atoms with Gasteiger partial charge in [-0.05, 0) is 0 Å². The van der Waals surface area contributed by atoms with E-state index in [4.69, 9.17) is 9.57 Å². The van der Waals surface area contributed by atoms with Gasteiger partial charge in [0.1, 0.15) is 17.4 Å². The Kier molecular flexibility index (Phi) is 2.83. The molecule has 1 aromatic rings.